The summed E-state index contributed by atoms with van der Waals surface area (Å²) < 4.78 is 8.13. The Kier molecular flexibility index (Phi) is 5.35. The summed E-state index contributed by atoms with van der Waals surface area (Å²) in [6, 6.07) is 25.3. The molecule has 2 heterocycles. The molecule has 156 valence electrons. The van der Waals surface area contributed by atoms with Crippen molar-refractivity contribution in [2.75, 3.05) is 18.1 Å². The Hall–Kier alpha value is -3.31. The van der Waals surface area contributed by atoms with Gasteiger partial charge < -0.3 is 14.2 Å². The number of carbonyl (C=O) groups excluding carboxylic acids is 1. The number of ether oxygens (including phenoxy) is 1. The third-order valence-corrected chi connectivity index (χ3v) is 5.89. The molecule has 1 aliphatic rings. The van der Waals surface area contributed by atoms with Crippen molar-refractivity contribution in [1.29, 1.82) is 0 Å². The van der Waals surface area contributed by atoms with E-state index in [0.29, 0.717) is 31.1 Å². The van der Waals surface area contributed by atoms with Gasteiger partial charge in [-0.1, -0.05) is 41.9 Å². The molecule has 0 saturated carbocycles. The van der Waals surface area contributed by atoms with Crippen LogP contribution in [-0.2, 0) is 11.3 Å². The van der Waals surface area contributed by atoms with Crippen molar-refractivity contribution in [2.45, 2.75) is 18.9 Å². The first kappa shape index (κ1) is 19.6. The number of nitrogens with zero attached hydrogens (tertiary/aromatic N) is 3. The fourth-order valence-electron chi connectivity index (χ4n) is 4.16. The summed E-state index contributed by atoms with van der Waals surface area (Å²) in [7, 11) is 0. The molecular formula is C25H22ClN3O2. The zero-order valence-corrected chi connectivity index (χ0v) is 17.7. The summed E-state index contributed by atoms with van der Waals surface area (Å²) in [5.41, 5.74) is 2.87. The molecule has 0 bridgehead atoms. The maximum Gasteiger partial charge on any atom is 0.227 e. The number of hydrogen-bond acceptors (Lipinski definition) is 3. The number of amides is 1. The number of rotatable bonds is 6. The number of halogens is 1. The van der Waals surface area contributed by atoms with E-state index >= 15 is 0 Å². The summed E-state index contributed by atoms with van der Waals surface area (Å²) in [5.74, 6) is 1.90. The lowest BCUT2D eigenvalue weighted by Gasteiger charge is -2.17. The smallest absolute Gasteiger partial charge is 0.227 e. The number of fused-ring (bicyclic) bond motifs is 1. The number of imidazole rings is 1. The van der Waals surface area contributed by atoms with Gasteiger partial charge in [0.2, 0.25) is 5.91 Å². The molecule has 1 saturated heterocycles. The van der Waals surface area contributed by atoms with Crippen LogP contribution in [0.2, 0.25) is 5.02 Å². The monoisotopic (exact) mass is 431 g/mol. The average Bonchev–Trinajstić information content (AvgIpc) is 3.36. The molecule has 0 spiro atoms. The zero-order chi connectivity index (χ0) is 21.2. The predicted octanol–water partition coefficient (Wildman–Crippen LogP) is 5.29. The maximum atomic E-state index is 12.8. The fourth-order valence-corrected chi connectivity index (χ4v) is 4.29. The highest BCUT2D eigenvalue weighted by molar-refractivity contribution is 6.30. The van der Waals surface area contributed by atoms with Gasteiger partial charge in [-0.15, -0.1) is 0 Å². The molecule has 1 amide bonds. The van der Waals surface area contributed by atoms with E-state index in [9.17, 15) is 4.79 Å². The highest BCUT2D eigenvalue weighted by Crippen LogP contribution is 2.33. The van der Waals surface area contributed by atoms with Gasteiger partial charge in [0.25, 0.3) is 0 Å². The first-order valence-corrected chi connectivity index (χ1v) is 10.8. The molecule has 0 N–H and O–H groups in total. The Morgan fingerprint density at radius 3 is 2.52 bits per heavy atom. The van der Waals surface area contributed by atoms with Crippen LogP contribution in [0.25, 0.3) is 11.0 Å². The second-order valence-corrected chi connectivity index (χ2v) is 8.09. The van der Waals surface area contributed by atoms with Crippen LogP contribution >= 0.6 is 11.6 Å². The highest BCUT2D eigenvalue weighted by atomic mass is 35.5. The number of aromatic nitrogens is 2. The zero-order valence-electron chi connectivity index (χ0n) is 16.9. The van der Waals surface area contributed by atoms with Gasteiger partial charge in [0.05, 0.1) is 17.6 Å². The molecule has 4 aromatic rings. The highest BCUT2D eigenvalue weighted by Gasteiger charge is 2.34. The lowest BCUT2D eigenvalue weighted by Crippen LogP contribution is -2.24. The van der Waals surface area contributed by atoms with Crippen LogP contribution < -0.4 is 9.64 Å². The molecular weight excluding hydrogens is 410 g/mol. The van der Waals surface area contributed by atoms with Crippen LogP contribution in [-0.4, -0.2) is 28.6 Å². The fraction of sp³-hybridized carbons (Fsp3) is 0.200. The van der Waals surface area contributed by atoms with Crippen LogP contribution in [0.5, 0.6) is 5.75 Å². The Labute approximate surface area is 185 Å². The summed E-state index contributed by atoms with van der Waals surface area (Å²) in [4.78, 5) is 19.5. The Morgan fingerprint density at radius 1 is 0.968 bits per heavy atom. The number of anilines is 1. The molecule has 0 radical (unpaired) electrons. The van der Waals surface area contributed by atoms with E-state index in [-0.39, 0.29) is 11.8 Å². The van der Waals surface area contributed by atoms with E-state index in [1.54, 1.807) is 0 Å². The Balaban J connectivity index is 1.40. The first-order valence-electron chi connectivity index (χ1n) is 10.4. The third-order valence-electron chi connectivity index (χ3n) is 5.64. The van der Waals surface area contributed by atoms with Gasteiger partial charge in [-0.25, -0.2) is 4.98 Å². The molecule has 1 unspecified atom stereocenters. The van der Waals surface area contributed by atoms with Crippen molar-refractivity contribution < 1.29 is 9.53 Å². The second-order valence-electron chi connectivity index (χ2n) is 7.65. The number of para-hydroxylation sites is 3. The molecule has 1 atom stereocenters. The van der Waals surface area contributed by atoms with E-state index < -0.39 is 0 Å². The molecule has 1 fully saturated rings. The minimum absolute atomic E-state index is 0.0207. The lowest BCUT2D eigenvalue weighted by atomic mass is 10.1. The van der Waals surface area contributed by atoms with Crippen molar-refractivity contribution in [3.05, 3.63) is 89.7 Å². The normalized spacial score (nSPS) is 16.2. The van der Waals surface area contributed by atoms with Crippen molar-refractivity contribution >= 4 is 34.2 Å². The summed E-state index contributed by atoms with van der Waals surface area (Å²) in [6.45, 7) is 1.79. The molecule has 5 nitrogen and oxygen atoms in total. The largest absolute Gasteiger partial charge is 0.492 e. The number of hydrogen-bond donors (Lipinski definition) is 0. The molecule has 6 heteroatoms. The SMILES string of the molecule is O=C1CC(c2nc3ccccc3n2CCOc2ccccc2)CN1c1ccc(Cl)cc1. The van der Waals surface area contributed by atoms with Crippen molar-refractivity contribution in [2.24, 2.45) is 0 Å². The van der Waals surface area contributed by atoms with Gasteiger partial charge in [-0.05, 0) is 48.5 Å². The molecule has 1 aromatic heterocycles. The quantitative estimate of drug-likeness (QED) is 0.416. The number of carbonyl (C=O) groups is 1. The van der Waals surface area contributed by atoms with E-state index in [4.69, 9.17) is 21.3 Å². The van der Waals surface area contributed by atoms with Crippen LogP contribution in [0.1, 0.15) is 18.2 Å². The molecule has 31 heavy (non-hydrogen) atoms. The van der Waals surface area contributed by atoms with Crippen molar-refractivity contribution in [3.63, 3.8) is 0 Å². The maximum absolute atomic E-state index is 12.8. The third kappa shape index (κ3) is 4.01. The first-order chi connectivity index (χ1) is 15.2. The topological polar surface area (TPSA) is 47.4 Å². The van der Waals surface area contributed by atoms with E-state index in [2.05, 4.69) is 10.6 Å². The van der Waals surface area contributed by atoms with E-state index in [1.807, 2.05) is 77.7 Å². The standard InChI is InChI=1S/C25H22ClN3O2/c26-19-10-12-20(13-11-19)29-17-18(16-24(29)30)25-27-22-8-4-5-9-23(22)28(25)14-15-31-21-6-2-1-3-7-21/h1-13,18H,14-17H2. The Bertz CT molecular complexity index is 1200. The van der Waals surface area contributed by atoms with E-state index in [0.717, 1.165) is 28.3 Å². The molecule has 1 aliphatic heterocycles. The summed E-state index contributed by atoms with van der Waals surface area (Å²) in [5, 5.41) is 0.659. The molecule has 3 aromatic carbocycles. The van der Waals surface area contributed by atoms with Gasteiger partial charge in [-0.2, -0.15) is 0 Å². The average molecular weight is 432 g/mol. The van der Waals surface area contributed by atoms with Gasteiger partial charge in [0, 0.05) is 29.6 Å². The lowest BCUT2D eigenvalue weighted by molar-refractivity contribution is -0.117. The van der Waals surface area contributed by atoms with Crippen LogP contribution in [0.4, 0.5) is 5.69 Å². The van der Waals surface area contributed by atoms with Crippen molar-refractivity contribution in [1.82, 2.24) is 9.55 Å². The van der Waals surface area contributed by atoms with Gasteiger partial charge >= 0.3 is 0 Å². The van der Waals surface area contributed by atoms with Crippen LogP contribution in [0.3, 0.4) is 0 Å². The van der Waals surface area contributed by atoms with Crippen LogP contribution in [0, 0.1) is 0 Å². The van der Waals surface area contributed by atoms with Crippen molar-refractivity contribution in [3.8, 4) is 5.75 Å². The summed E-state index contributed by atoms with van der Waals surface area (Å²) >= 11 is 6.01. The van der Waals surface area contributed by atoms with E-state index in [1.165, 1.54) is 0 Å². The molecule has 5 rings (SSSR count). The number of benzene rings is 3. The predicted molar refractivity (Wildman–Crippen MR) is 123 cm³/mol. The minimum atomic E-state index is 0.0207. The summed E-state index contributed by atoms with van der Waals surface area (Å²) in [6.07, 6.45) is 0.436. The van der Waals surface area contributed by atoms with Gasteiger partial charge in [0.15, 0.2) is 0 Å². The Morgan fingerprint density at radius 2 is 1.71 bits per heavy atom. The van der Waals surface area contributed by atoms with Crippen LogP contribution in [0.15, 0.2) is 78.9 Å². The minimum Gasteiger partial charge on any atom is -0.492 e. The second kappa shape index (κ2) is 8.44. The molecule has 0 aliphatic carbocycles. The van der Waals surface area contributed by atoms with Gasteiger partial charge in [-0.3, -0.25) is 4.79 Å². The van der Waals surface area contributed by atoms with Gasteiger partial charge in [0.1, 0.15) is 18.2 Å².